The summed E-state index contributed by atoms with van der Waals surface area (Å²) in [6.07, 6.45) is 25.5. The fourth-order valence-corrected chi connectivity index (χ4v) is 3.65. The normalized spacial score (nSPS) is 10.2. The summed E-state index contributed by atoms with van der Waals surface area (Å²) in [6.45, 7) is 9.50. The molecule has 0 aromatic heterocycles. The van der Waals surface area contributed by atoms with E-state index >= 15 is 0 Å². The third-order valence-corrected chi connectivity index (χ3v) is 6.16. The molecule has 0 spiro atoms. The van der Waals surface area contributed by atoms with Gasteiger partial charge < -0.3 is 30.6 Å². The third kappa shape index (κ3) is 73.0. The van der Waals surface area contributed by atoms with E-state index in [0.717, 1.165) is 38.5 Å². The number of aliphatic hydroxyl groups is 6. The van der Waals surface area contributed by atoms with E-state index in [4.69, 9.17) is 30.6 Å². The number of hydrogen-bond donors (Lipinski definition) is 6. The molecule has 0 saturated carbocycles. The topological polar surface area (TPSA) is 121 Å². The summed E-state index contributed by atoms with van der Waals surface area (Å²) in [5.74, 6) is 0. The van der Waals surface area contributed by atoms with E-state index in [1.165, 1.54) is 103 Å². The second-order valence-corrected chi connectivity index (χ2v) is 10.3. The predicted octanol–water partition coefficient (Wildman–Crippen LogP) is 7.99. The maximum Gasteiger partial charge on any atom is 0.151 e. The van der Waals surface area contributed by atoms with Crippen LogP contribution in [0.15, 0.2) is 0 Å². The predicted molar refractivity (Wildman–Crippen MR) is 164 cm³/mol. The Bertz CT molecular complexity index is 303. The molecule has 0 aromatic rings. The molecule has 0 rings (SSSR count). The molecule has 0 aliphatic carbocycles. The first-order chi connectivity index (χ1) is 18.4. The van der Waals surface area contributed by atoms with Crippen molar-refractivity contribution < 1.29 is 52.4 Å². The Kier molecular flexibility index (Phi) is 64.6. The average Bonchev–Trinajstić information content (AvgIpc) is 2.89. The van der Waals surface area contributed by atoms with Gasteiger partial charge >= 0.3 is 0 Å². The Labute approximate surface area is 259 Å². The van der Waals surface area contributed by atoms with E-state index in [0.29, 0.717) is 26.1 Å². The van der Waals surface area contributed by atoms with Crippen LogP contribution in [0.1, 0.15) is 182 Å². The van der Waals surface area contributed by atoms with Crippen molar-refractivity contribution >= 4 is 0 Å². The zero-order valence-corrected chi connectivity index (χ0v) is 28.3. The van der Waals surface area contributed by atoms with Crippen molar-refractivity contribution in [3.8, 4) is 0 Å². The monoisotopic (exact) mass is 600 g/mol. The van der Waals surface area contributed by atoms with Crippen LogP contribution in [0.4, 0.5) is 0 Å². The fraction of sp³-hybridized carbons (Fsp3) is 1.00. The molecule has 0 fully saturated rings. The molecule has 7 heteroatoms. The van der Waals surface area contributed by atoms with Crippen LogP contribution in [0, 0.1) is 0 Å². The van der Waals surface area contributed by atoms with Crippen molar-refractivity contribution in [2.75, 3.05) is 13.2 Å². The zero-order chi connectivity index (χ0) is 29.5. The second-order valence-electron chi connectivity index (χ2n) is 10.3. The molecule has 0 aromatic carbocycles. The average molecular weight is 601 g/mol. The van der Waals surface area contributed by atoms with E-state index in [-0.39, 0.29) is 21.7 Å². The minimum absolute atomic E-state index is 0. The molecule has 0 aliphatic heterocycles. The largest absolute Gasteiger partial charge is 0.396 e. The van der Waals surface area contributed by atoms with Gasteiger partial charge in [-0.25, -0.2) is 0 Å². The first-order valence-corrected chi connectivity index (χ1v) is 16.3. The van der Waals surface area contributed by atoms with Gasteiger partial charge in [0.1, 0.15) is 0 Å². The molecule has 0 heterocycles. The van der Waals surface area contributed by atoms with Gasteiger partial charge in [-0.15, -0.1) is 0 Å². The van der Waals surface area contributed by atoms with Gasteiger partial charge in [0, 0.05) is 34.9 Å². The molecule has 6 N–H and O–H groups in total. The number of unbranched alkanes of at least 4 members (excludes halogenated alkanes) is 18. The van der Waals surface area contributed by atoms with Crippen LogP contribution in [0.25, 0.3) is 0 Å². The van der Waals surface area contributed by atoms with Crippen molar-refractivity contribution in [2.45, 2.75) is 194 Å². The molecule has 0 aliphatic rings. The Balaban J connectivity index is -0.000000131. The van der Waals surface area contributed by atoms with Crippen LogP contribution in [0.3, 0.4) is 0 Å². The molecular formula is C32H72O6Ti. The molecule has 0 bridgehead atoms. The number of aliphatic hydroxyl groups excluding tert-OH is 4. The number of hydrogen-bond acceptors (Lipinski definition) is 6. The van der Waals surface area contributed by atoms with Crippen LogP contribution in [-0.2, 0) is 21.7 Å². The second kappa shape index (κ2) is 51.2. The van der Waals surface area contributed by atoms with Gasteiger partial charge in [0.05, 0.1) is 0 Å². The zero-order valence-electron chi connectivity index (χ0n) is 26.7. The Morgan fingerprint density at radius 2 is 0.538 bits per heavy atom. The summed E-state index contributed by atoms with van der Waals surface area (Å²) in [5.41, 5.74) is 0. The molecule has 0 atom stereocenters. The molecule has 0 saturated heterocycles. The van der Waals surface area contributed by atoms with Crippen LogP contribution in [-0.4, -0.2) is 56.4 Å². The van der Waals surface area contributed by atoms with Crippen LogP contribution >= 0.6 is 0 Å². The van der Waals surface area contributed by atoms with Crippen molar-refractivity contribution in [1.29, 1.82) is 0 Å². The van der Waals surface area contributed by atoms with Gasteiger partial charge in [-0.05, 0) is 38.5 Å². The summed E-state index contributed by atoms with van der Waals surface area (Å²) in [5, 5.41) is 50.7. The van der Waals surface area contributed by atoms with E-state index in [9.17, 15) is 0 Å². The Hall–Kier alpha value is 0.474. The van der Waals surface area contributed by atoms with E-state index < -0.39 is 12.6 Å². The fourth-order valence-electron chi connectivity index (χ4n) is 3.65. The standard InChI is InChI=1S/2C8H18O2.2C8H18O.Ti/c2*1-2-3-4-5-6-7-8(9)10;2*1-2-3-4-5-6-7-8-9;/h2*8-10H,2-7H2,1H3;2*9H,2-8H2,1H3;. The molecule has 0 unspecified atom stereocenters. The van der Waals surface area contributed by atoms with Crippen molar-refractivity contribution in [2.24, 2.45) is 0 Å². The maximum atomic E-state index is 8.46. The van der Waals surface area contributed by atoms with Gasteiger partial charge in [-0.3, -0.25) is 0 Å². The summed E-state index contributed by atoms with van der Waals surface area (Å²) >= 11 is 0. The number of rotatable bonds is 24. The van der Waals surface area contributed by atoms with Crippen molar-refractivity contribution in [3.05, 3.63) is 0 Å². The molecule has 6 nitrogen and oxygen atoms in total. The summed E-state index contributed by atoms with van der Waals surface area (Å²) in [4.78, 5) is 0. The van der Waals surface area contributed by atoms with Gasteiger partial charge in [0.15, 0.2) is 12.6 Å². The van der Waals surface area contributed by atoms with Crippen molar-refractivity contribution in [1.82, 2.24) is 0 Å². The summed E-state index contributed by atoms with van der Waals surface area (Å²) in [7, 11) is 0. The minimum Gasteiger partial charge on any atom is -0.396 e. The Morgan fingerprint density at radius 1 is 0.333 bits per heavy atom. The van der Waals surface area contributed by atoms with Crippen LogP contribution < -0.4 is 0 Å². The van der Waals surface area contributed by atoms with E-state index in [1.54, 1.807) is 0 Å². The van der Waals surface area contributed by atoms with Crippen molar-refractivity contribution in [3.63, 3.8) is 0 Å². The molecule has 240 valence electrons. The molecule has 0 radical (unpaired) electrons. The Morgan fingerprint density at radius 3 is 0.744 bits per heavy atom. The smallest absolute Gasteiger partial charge is 0.151 e. The van der Waals surface area contributed by atoms with Gasteiger partial charge in [-0.2, -0.15) is 0 Å². The molecule has 39 heavy (non-hydrogen) atoms. The van der Waals surface area contributed by atoms with Crippen LogP contribution in [0.2, 0.25) is 0 Å². The third-order valence-electron chi connectivity index (χ3n) is 6.16. The van der Waals surface area contributed by atoms with Crippen LogP contribution in [0.5, 0.6) is 0 Å². The first kappa shape index (κ1) is 49.2. The van der Waals surface area contributed by atoms with E-state index in [1.807, 2.05) is 0 Å². The quantitative estimate of drug-likeness (QED) is 0.0379. The summed E-state index contributed by atoms with van der Waals surface area (Å²) in [6, 6.07) is 0. The minimum atomic E-state index is -1.10. The molecular weight excluding hydrogens is 528 g/mol. The van der Waals surface area contributed by atoms with Gasteiger partial charge in [0.25, 0.3) is 0 Å². The first-order valence-electron chi connectivity index (χ1n) is 16.3. The van der Waals surface area contributed by atoms with E-state index in [2.05, 4.69) is 27.7 Å². The maximum absolute atomic E-state index is 8.46. The molecule has 0 amide bonds. The SMILES string of the molecule is CCCCCCCC(O)O.CCCCCCCC(O)O.CCCCCCCCO.CCCCCCCCO.[Ti]. The summed E-state index contributed by atoms with van der Waals surface area (Å²) < 4.78 is 0. The van der Waals surface area contributed by atoms with Gasteiger partial charge in [-0.1, -0.05) is 143 Å². The van der Waals surface area contributed by atoms with Gasteiger partial charge in [0.2, 0.25) is 0 Å².